The molecule has 0 aromatic heterocycles. The van der Waals surface area contributed by atoms with Crippen LogP contribution in [0.25, 0.3) is 0 Å². The Morgan fingerprint density at radius 1 is 0.828 bits per heavy atom. The van der Waals surface area contributed by atoms with Crippen molar-refractivity contribution >= 4 is 5.91 Å². The number of carbonyl (C=O) groups is 1. The summed E-state index contributed by atoms with van der Waals surface area (Å²) in [6.07, 6.45) is 25.2. The third kappa shape index (κ3) is 8.76. The second-order valence-corrected chi connectivity index (χ2v) is 7.42. The number of halogens is 1. The van der Waals surface area contributed by atoms with Gasteiger partial charge in [0.05, 0.1) is 0 Å². The van der Waals surface area contributed by atoms with Gasteiger partial charge in [0.2, 0.25) is 5.91 Å². The van der Waals surface area contributed by atoms with Crippen LogP contribution in [0.2, 0.25) is 0 Å². The van der Waals surface area contributed by atoms with Crippen molar-refractivity contribution in [2.45, 2.75) is 45.1 Å². The molecule has 148 valence electrons. The third-order valence-corrected chi connectivity index (χ3v) is 5.47. The van der Waals surface area contributed by atoms with Gasteiger partial charge in [-0.2, -0.15) is 0 Å². The van der Waals surface area contributed by atoms with Gasteiger partial charge < -0.3 is 17.7 Å². The number of rotatable bonds is 5. The first-order chi connectivity index (χ1) is 13.3. The summed E-state index contributed by atoms with van der Waals surface area (Å²) in [4.78, 5) is 12.5. The molecule has 10 radical (unpaired) electrons. The quantitative estimate of drug-likeness (QED) is 0.695. The van der Waals surface area contributed by atoms with Crippen molar-refractivity contribution < 1.29 is 38.9 Å². The smallest absolute Gasteiger partial charge is 1.00 e. The molecule has 3 aliphatic rings. The molecule has 2 nitrogen and oxygen atoms in total. The minimum atomic E-state index is 0. The molecule has 3 aliphatic carbocycles. The molecule has 0 saturated heterocycles. The number of nitrogens with one attached hydrogen (secondary N) is 1. The maximum atomic E-state index is 12.5. The van der Waals surface area contributed by atoms with Gasteiger partial charge in [0.25, 0.3) is 0 Å². The number of carbonyl (C=O) groups excluding carboxylic acids is 1. The molecule has 0 spiro atoms. The largest absolute Gasteiger partial charge is 4.00 e. The minimum Gasteiger partial charge on any atom is -1.00 e. The molecule has 4 rings (SSSR count). The van der Waals surface area contributed by atoms with Gasteiger partial charge in [0, 0.05) is 13.0 Å². The molecule has 0 bridgehead atoms. The fraction of sp³-hybridized carbons (Fsp3) is 0.320. The van der Waals surface area contributed by atoms with E-state index in [2.05, 4.69) is 31.0 Å². The number of hydrogen-bond acceptors (Lipinski definition) is 1. The Morgan fingerprint density at radius 3 is 1.93 bits per heavy atom. The molecular weight excluding hydrogens is 414 g/mol. The molecule has 1 N–H and O–H groups in total. The van der Waals surface area contributed by atoms with E-state index in [1.807, 2.05) is 62.4 Å². The molecule has 1 amide bonds. The first-order valence-electron chi connectivity index (χ1n) is 9.98. The SMILES string of the molecule is O=C(CC1([C]2[CH][CH][CH][CH]2)CCCCC1)NCc1ccccc1.[CH]1[CH][CH][CH][CH]1.[Cl-].[Ti+4]. The maximum absolute atomic E-state index is 12.5. The topological polar surface area (TPSA) is 29.1 Å². The van der Waals surface area contributed by atoms with Crippen LogP contribution in [0.4, 0.5) is 0 Å². The van der Waals surface area contributed by atoms with E-state index < -0.39 is 0 Å². The predicted octanol–water partition coefficient (Wildman–Crippen LogP) is 2.07. The van der Waals surface area contributed by atoms with Crippen LogP contribution in [0.5, 0.6) is 0 Å². The second kappa shape index (κ2) is 14.7. The maximum Gasteiger partial charge on any atom is 4.00 e. The van der Waals surface area contributed by atoms with E-state index in [-0.39, 0.29) is 45.4 Å². The van der Waals surface area contributed by atoms with E-state index in [9.17, 15) is 4.79 Å². The first-order valence-corrected chi connectivity index (χ1v) is 9.98. The summed E-state index contributed by atoms with van der Waals surface area (Å²) in [5, 5.41) is 3.09. The van der Waals surface area contributed by atoms with E-state index in [0.717, 1.165) is 18.4 Å². The number of hydrogen-bond donors (Lipinski definition) is 1. The number of amides is 1. The molecule has 29 heavy (non-hydrogen) atoms. The van der Waals surface area contributed by atoms with Crippen LogP contribution >= 0.6 is 0 Å². The van der Waals surface area contributed by atoms with Gasteiger partial charge in [0.15, 0.2) is 0 Å². The fourth-order valence-corrected chi connectivity index (χ4v) is 4.01. The summed E-state index contributed by atoms with van der Waals surface area (Å²) in [7, 11) is 0. The molecule has 0 atom stereocenters. The number of benzene rings is 1. The summed E-state index contributed by atoms with van der Waals surface area (Å²) >= 11 is 0. The molecule has 0 aliphatic heterocycles. The summed E-state index contributed by atoms with van der Waals surface area (Å²) in [6, 6.07) is 10.1. The normalized spacial score (nSPS) is 20.6. The summed E-state index contributed by atoms with van der Waals surface area (Å²) in [6.45, 7) is 0.622. The Balaban J connectivity index is 0.000000527. The average molecular weight is 443 g/mol. The van der Waals surface area contributed by atoms with Gasteiger partial charge in [-0.15, -0.1) is 0 Å². The minimum absolute atomic E-state index is 0. The summed E-state index contributed by atoms with van der Waals surface area (Å²) in [5.74, 6) is 1.52. The molecule has 3 saturated carbocycles. The van der Waals surface area contributed by atoms with Crippen LogP contribution in [-0.4, -0.2) is 5.91 Å². The van der Waals surface area contributed by atoms with Crippen molar-refractivity contribution in [3.63, 3.8) is 0 Å². The van der Waals surface area contributed by atoms with Gasteiger partial charge in [-0.1, -0.05) is 49.6 Å². The van der Waals surface area contributed by atoms with Crippen LogP contribution in [-0.2, 0) is 33.1 Å². The monoisotopic (exact) mass is 442 g/mol. The predicted molar refractivity (Wildman–Crippen MR) is 110 cm³/mol. The Hall–Kier alpha value is -0.306. The molecular formula is C25H29ClNOTi+3. The molecule has 4 heteroatoms. The van der Waals surface area contributed by atoms with Crippen molar-refractivity contribution in [1.29, 1.82) is 0 Å². The van der Waals surface area contributed by atoms with E-state index in [4.69, 9.17) is 0 Å². The Morgan fingerprint density at radius 2 is 1.38 bits per heavy atom. The zero-order chi connectivity index (χ0) is 18.8. The van der Waals surface area contributed by atoms with Crippen LogP contribution in [0, 0.1) is 69.1 Å². The Bertz CT molecular complexity index is 542. The summed E-state index contributed by atoms with van der Waals surface area (Å²) < 4.78 is 0. The zero-order valence-electron chi connectivity index (χ0n) is 16.8. The van der Waals surface area contributed by atoms with Crippen LogP contribution in [0.15, 0.2) is 30.3 Å². The second-order valence-electron chi connectivity index (χ2n) is 7.42. The zero-order valence-corrected chi connectivity index (χ0v) is 19.1. The van der Waals surface area contributed by atoms with E-state index in [1.54, 1.807) is 0 Å². The van der Waals surface area contributed by atoms with E-state index in [1.165, 1.54) is 25.2 Å². The van der Waals surface area contributed by atoms with Gasteiger partial charge in [-0.05, 0) is 87.5 Å². The molecule has 0 unspecified atom stereocenters. The van der Waals surface area contributed by atoms with Crippen molar-refractivity contribution in [1.82, 2.24) is 5.32 Å². The molecule has 3 fully saturated rings. The van der Waals surface area contributed by atoms with Crippen LogP contribution in [0.3, 0.4) is 0 Å². The van der Waals surface area contributed by atoms with E-state index >= 15 is 0 Å². The third-order valence-electron chi connectivity index (χ3n) is 5.47. The van der Waals surface area contributed by atoms with Gasteiger partial charge >= 0.3 is 21.7 Å². The van der Waals surface area contributed by atoms with Crippen molar-refractivity contribution in [2.75, 3.05) is 0 Å². The van der Waals surface area contributed by atoms with Gasteiger partial charge in [-0.3, -0.25) is 4.79 Å². The van der Waals surface area contributed by atoms with Crippen LogP contribution in [0.1, 0.15) is 44.1 Å². The van der Waals surface area contributed by atoms with E-state index in [0.29, 0.717) is 13.0 Å². The van der Waals surface area contributed by atoms with Crippen molar-refractivity contribution in [3.05, 3.63) is 99.6 Å². The summed E-state index contributed by atoms with van der Waals surface area (Å²) in [5.41, 5.74) is 1.21. The standard InChI is InChI=1S/C20H24NO.C5H5.ClH.Ti/c22-19(21-16-17-9-3-1-4-10-17)15-20(13-7-2-8-14-20)18-11-5-6-12-18;1-2-4-5-3-1;;/h1,3-6,9-12H,2,7-8,13-16H2,(H,21,22);1-5H;1H;/q;;;+4/p-1. The average Bonchev–Trinajstić information content (AvgIpc) is 3.44. The fourth-order valence-electron chi connectivity index (χ4n) is 4.01. The van der Waals surface area contributed by atoms with Crippen molar-refractivity contribution in [3.8, 4) is 0 Å². The molecule has 1 aromatic carbocycles. The van der Waals surface area contributed by atoms with Crippen LogP contribution < -0.4 is 17.7 Å². The van der Waals surface area contributed by atoms with Gasteiger partial charge in [0.1, 0.15) is 0 Å². The van der Waals surface area contributed by atoms with Crippen molar-refractivity contribution in [2.24, 2.45) is 5.41 Å². The van der Waals surface area contributed by atoms with Gasteiger partial charge in [-0.25, -0.2) is 0 Å². The Labute approximate surface area is 199 Å². The Kier molecular flexibility index (Phi) is 13.5. The molecule has 1 aromatic rings. The molecule has 0 heterocycles. The first kappa shape index (κ1) is 26.7.